The van der Waals surface area contributed by atoms with E-state index in [-0.39, 0.29) is 17.2 Å². The molecule has 0 saturated heterocycles. The molecule has 0 aromatic rings. The predicted octanol–water partition coefficient (Wildman–Crippen LogP) is 4.38. The van der Waals surface area contributed by atoms with Crippen molar-refractivity contribution in [3.63, 3.8) is 0 Å². The van der Waals surface area contributed by atoms with E-state index in [1.807, 2.05) is 0 Å². The van der Waals surface area contributed by atoms with Crippen molar-refractivity contribution in [2.45, 2.75) is 71.9 Å². The topological polar surface area (TPSA) is 18.5 Å². The van der Waals surface area contributed by atoms with Crippen LogP contribution in [0.15, 0.2) is 11.6 Å². The van der Waals surface area contributed by atoms with Crippen molar-refractivity contribution in [2.75, 3.05) is 6.61 Å². The Hall–Kier alpha value is -0.123. The van der Waals surface area contributed by atoms with Crippen LogP contribution in [0.1, 0.15) is 41.5 Å². The number of rotatable bonds is 4. The van der Waals surface area contributed by atoms with Gasteiger partial charge < -0.3 is 9.16 Å². The Bertz CT molecular complexity index is 313. The van der Waals surface area contributed by atoms with Crippen molar-refractivity contribution in [3.8, 4) is 0 Å². The van der Waals surface area contributed by atoms with Gasteiger partial charge in [0.25, 0.3) is 0 Å². The number of hydrogen-bond donors (Lipinski definition) is 0. The molecular formula is C15H30O2Si. The van der Waals surface area contributed by atoms with Gasteiger partial charge >= 0.3 is 0 Å². The third kappa shape index (κ3) is 3.69. The molecule has 1 heterocycles. The normalized spacial score (nSPS) is 25.7. The van der Waals surface area contributed by atoms with E-state index in [0.29, 0.717) is 12.5 Å². The van der Waals surface area contributed by atoms with Crippen LogP contribution in [0.5, 0.6) is 0 Å². The highest BCUT2D eigenvalue weighted by Crippen LogP contribution is 2.37. The second-order valence-corrected chi connectivity index (χ2v) is 12.1. The zero-order valence-electron chi connectivity index (χ0n) is 13.3. The third-order valence-corrected chi connectivity index (χ3v) is 8.82. The lowest BCUT2D eigenvalue weighted by molar-refractivity contribution is 0.00524. The molecule has 18 heavy (non-hydrogen) atoms. The molecule has 0 saturated carbocycles. The lowest BCUT2D eigenvalue weighted by Gasteiger charge is -2.37. The lowest BCUT2D eigenvalue weighted by atomic mass is 10.1. The van der Waals surface area contributed by atoms with Gasteiger partial charge in [-0.2, -0.15) is 0 Å². The molecule has 0 amide bonds. The molecule has 0 aromatic carbocycles. The summed E-state index contributed by atoms with van der Waals surface area (Å²) in [6, 6.07) is 0. The predicted molar refractivity (Wildman–Crippen MR) is 80.4 cm³/mol. The first kappa shape index (κ1) is 15.9. The van der Waals surface area contributed by atoms with Gasteiger partial charge in [0.15, 0.2) is 8.32 Å². The Morgan fingerprint density at radius 3 is 2.28 bits per heavy atom. The summed E-state index contributed by atoms with van der Waals surface area (Å²) in [6.45, 7) is 18.7. The van der Waals surface area contributed by atoms with Gasteiger partial charge in [0, 0.05) is 0 Å². The molecule has 0 radical (unpaired) electrons. The van der Waals surface area contributed by atoms with E-state index in [0.717, 1.165) is 0 Å². The first-order valence-electron chi connectivity index (χ1n) is 7.02. The Morgan fingerprint density at radius 2 is 1.89 bits per heavy atom. The molecular weight excluding hydrogens is 240 g/mol. The van der Waals surface area contributed by atoms with E-state index in [2.05, 4.69) is 60.7 Å². The van der Waals surface area contributed by atoms with Gasteiger partial charge in [-0.05, 0) is 36.5 Å². The number of ether oxygens (including phenoxy) is 1. The fourth-order valence-corrected chi connectivity index (χ4v) is 2.72. The average molecular weight is 270 g/mol. The highest BCUT2D eigenvalue weighted by molar-refractivity contribution is 6.74. The maximum atomic E-state index is 6.25. The van der Waals surface area contributed by atoms with Crippen LogP contribution in [-0.2, 0) is 9.16 Å². The third-order valence-electron chi connectivity index (χ3n) is 4.32. The monoisotopic (exact) mass is 270 g/mol. The molecule has 2 nitrogen and oxygen atoms in total. The maximum Gasteiger partial charge on any atom is 0.192 e. The SMILES string of the molecule is CC1=C[C@@H](C(C)C)O[C@H]1CO[Si](C)(C)C(C)(C)C. The fraction of sp³-hybridized carbons (Fsp3) is 0.867. The molecule has 2 atom stereocenters. The molecule has 0 bridgehead atoms. The minimum absolute atomic E-state index is 0.159. The summed E-state index contributed by atoms with van der Waals surface area (Å²) in [5.74, 6) is 0.540. The molecule has 0 aliphatic carbocycles. The van der Waals surface area contributed by atoms with Gasteiger partial charge in [0.05, 0.1) is 12.7 Å². The molecule has 1 aliphatic heterocycles. The lowest BCUT2D eigenvalue weighted by Crippen LogP contribution is -2.43. The second kappa shape index (κ2) is 5.47. The van der Waals surface area contributed by atoms with Crippen molar-refractivity contribution in [1.29, 1.82) is 0 Å². The molecule has 106 valence electrons. The standard InChI is InChI=1S/C15H30O2Si/c1-11(2)13-9-12(3)14(17-13)10-16-18(7,8)15(4,5)6/h9,11,13-14H,10H2,1-8H3/t13-,14-/m0/s1. The highest BCUT2D eigenvalue weighted by atomic mass is 28.4. The van der Waals surface area contributed by atoms with E-state index >= 15 is 0 Å². The largest absolute Gasteiger partial charge is 0.414 e. The Kier molecular flexibility index (Phi) is 4.85. The van der Waals surface area contributed by atoms with Crippen LogP contribution in [0.25, 0.3) is 0 Å². The molecule has 3 heteroatoms. The van der Waals surface area contributed by atoms with Gasteiger partial charge in [-0.1, -0.05) is 40.7 Å². The van der Waals surface area contributed by atoms with Crippen molar-refractivity contribution in [3.05, 3.63) is 11.6 Å². The van der Waals surface area contributed by atoms with Crippen molar-refractivity contribution in [2.24, 2.45) is 5.92 Å². The van der Waals surface area contributed by atoms with Crippen LogP contribution in [-0.4, -0.2) is 27.1 Å². The summed E-state index contributed by atoms with van der Waals surface area (Å²) in [7, 11) is -1.66. The van der Waals surface area contributed by atoms with Crippen molar-refractivity contribution in [1.82, 2.24) is 0 Å². The Morgan fingerprint density at radius 1 is 1.33 bits per heavy atom. The van der Waals surface area contributed by atoms with E-state index < -0.39 is 8.32 Å². The molecule has 1 aliphatic rings. The molecule has 1 rings (SSSR count). The first-order valence-corrected chi connectivity index (χ1v) is 9.93. The Balaban J connectivity index is 2.54. The Labute approximate surface area is 114 Å². The summed E-state index contributed by atoms with van der Waals surface area (Å²) in [4.78, 5) is 0. The fourth-order valence-electron chi connectivity index (χ4n) is 1.72. The zero-order chi connectivity index (χ0) is 14.1. The quantitative estimate of drug-likeness (QED) is 0.557. The summed E-state index contributed by atoms with van der Waals surface area (Å²) in [5, 5.41) is 0.265. The smallest absolute Gasteiger partial charge is 0.192 e. The minimum atomic E-state index is -1.66. The summed E-state index contributed by atoms with van der Waals surface area (Å²) in [6.07, 6.45) is 2.68. The van der Waals surface area contributed by atoms with Gasteiger partial charge in [0.2, 0.25) is 0 Å². The maximum absolute atomic E-state index is 6.25. The molecule has 0 unspecified atom stereocenters. The van der Waals surface area contributed by atoms with E-state index in [9.17, 15) is 0 Å². The average Bonchev–Trinajstić information content (AvgIpc) is 2.55. The molecule has 0 N–H and O–H groups in total. The van der Waals surface area contributed by atoms with Crippen molar-refractivity contribution < 1.29 is 9.16 Å². The van der Waals surface area contributed by atoms with E-state index in [4.69, 9.17) is 9.16 Å². The minimum Gasteiger partial charge on any atom is -0.414 e. The summed E-state index contributed by atoms with van der Waals surface area (Å²) < 4.78 is 12.3. The first-order chi connectivity index (χ1) is 8.04. The van der Waals surface area contributed by atoms with Gasteiger partial charge in [0.1, 0.15) is 6.10 Å². The van der Waals surface area contributed by atoms with E-state index in [1.54, 1.807) is 0 Å². The van der Waals surface area contributed by atoms with Crippen LogP contribution in [0.3, 0.4) is 0 Å². The van der Waals surface area contributed by atoms with Crippen LogP contribution < -0.4 is 0 Å². The van der Waals surface area contributed by atoms with Gasteiger partial charge in [-0.15, -0.1) is 0 Å². The highest BCUT2D eigenvalue weighted by Gasteiger charge is 2.38. The molecule has 0 aromatic heterocycles. The molecule has 0 spiro atoms. The van der Waals surface area contributed by atoms with Crippen LogP contribution in [0.4, 0.5) is 0 Å². The van der Waals surface area contributed by atoms with Crippen molar-refractivity contribution >= 4 is 8.32 Å². The number of hydrogen-bond acceptors (Lipinski definition) is 2. The van der Waals surface area contributed by atoms with Gasteiger partial charge in [-0.3, -0.25) is 0 Å². The second-order valence-electron chi connectivity index (χ2n) is 7.32. The zero-order valence-corrected chi connectivity index (χ0v) is 14.3. The van der Waals surface area contributed by atoms with Crippen LogP contribution in [0, 0.1) is 5.92 Å². The summed E-state index contributed by atoms with van der Waals surface area (Å²) in [5.41, 5.74) is 1.33. The van der Waals surface area contributed by atoms with Crippen LogP contribution in [0.2, 0.25) is 18.1 Å². The molecule has 0 fully saturated rings. The van der Waals surface area contributed by atoms with E-state index in [1.165, 1.54) is 5.57 Å². The van der Waals surface area contributed by atoms with Gasteiger partial charge in [-0.25, -0.2) is 0 Å². The summed E-state index contributed by atoms with van der Waals surface area (Å²) >= 11 is 0. The van der Waals surface area contributed by atoms with Crippen LogP contribution >= 0.6 is 0 Å².